The minimum absolute atomic E-state index is 0.0958. The SMILES string of the molecule is COc1c(Nc2cc(C)[nH]n2)nc(Sc2ccc(NC(C)=O)cc2)nc1N1CCN(CCN2C3CCCC2CC3)CC1. The number of fused-ring (bicyclic) bond motifs is 2. The first-order chi connectivity index (χ1) is 20.4. The van der Waals surface area contributed by atoms with E-state index in [0.29, 0.717) is 22.5 Å². The van der Waals surface area contributed by atoms with Gasteiger partial charge in [-0.3, -0.25) is 19.7 Å². The van der Waals surface area contributed by atoms with Crippen molar-refractivity contribution in [1.29, 1.82) is 0 Å². The monoisotopic (exact) mass is 591 g/mol. The molecule has 6 rings (SSSR count). The van der Waals surface area contributed by atoms with Gasteiger partial charge in [0.05, 0.1) is 7.11 Å². The second kappa shape index (κ2) is 12.9. The van der Waals surface area contributed by atoms with Gasteiger partial charge in [0, 0.05) is 80.6 Å². The first kappa shape index (κ1) is 28.8. The number of piperidine rings is 1. The molecule has 3 aliphatic heterocycles. The van der Waals surface area contributed by atoms with E-state index in [1.165, 1.54) is 57.3 Å². The van der Waals surface area contributed by atoms with Gasteiger partial charge in [0.2, 0.25) is 11.7 Å². The normalized spacial score (nSPS) is 21.0. The average molecular weight is 592 g/mol. The summed E-state index contributed by atoms with van der Waals surface area (Å²) < 4.78 is 5.91. The molecule has 42 heavy (non-hydrogen) atoms. The lowest BCUT2D eigenvalue weighted by atomic mass is 10.0. The molecule has 1 aromatic carbocycles. The summed E-state index contributed by atoms with van der Waals surface area (Å²) in [5.74, 6) is 2.55. The summed E-state index contributed by atoms with van der Waals surface area (Å²) in [6.07, 6.45) is 6.95. The van der Waals surface area contributed by atoms with Gasteiger partial charge >= 0.3 is 0 Å². The number of aromatic amines is 1. The molecule has 2 unspecified atom stereocenters. The highest BCUT2D eigenvalue weighted by Gasteiger charge is 2.36. The second-order valence-corrected chi connectivity index (χ2v) is 12.5. The Balaban J connectivity index is 1.18. The van der Waals surface area contributed by atoms with Gasteiger partial charge in [-0.05, 0) is 68.6 Å². The average Bonchev–Trinajstić information content (AvgIpc) is 3.49. The number of aromatic nitrogens is 4. The fraction of sp³-hybridized carbons (Fsp3) is 0.533. The lowest BCUT2D eigenvalue weighted by Gasteiger charge is -2.39. The molecule has 12 heteroatoms. The zero-order chi connectivity index (χ0) is 29.1. The van der Waals surface area contributed by atoms with Crippen molar-refractivity contribution in [2.45, 2.75) is 68.1 Å². The van der Waals surface area contributed by atoms with Crippen LogP contribution in [0.15, 0.2) is 40.4 Å². The van der Waals surface area contributed by atoms with Gasteiger partial charge < -0.3 is 20.3 Å². The fourth-order valence-electron chi connectivity index (χ4n) is 6.50. The van der Waals surface area contributed by atoms with Crippen LogP contribution in [0.1, 0.15) is 44.7 Å². The molecule has 224 valence electrons. The van der Waals surface area contributed by atoms with E-state index in [1.807, 2.05) is 37.3 Å². The van der Waals surface area contributed by atoms with Crippen LogP contribution in [0.4, 0.5) is 23.1 Å². The molecule has 0 aliphatic carbocycles. The molecule has 0 saturated carbocycles. The number of hydrogen-bond acceptors (Lipinski definition) is 10. The standard InChI is InChI=1S/C30H41N9O2S/c1-20-19-26(36-35-20)32-28-27(41-3)29(34-30(33-28)42-25-11-7-22(8-12-25)31-21(2)40)38-16-13-37(14-17-38)15-18-39-23-5-4-6-24(39)10-9-23/h7-8,11-12,19,23-24H,4-6,9-10,13-18H2,1-3H3,(H,31,40)(H2,32,33,34,35,36). The number of rotatable bonds is 10. The van der Waals surface area contributed by atoms with Crippen molar-refractivity contribution in [1.82, 2.24) is 30.0 Å². The van der Waals surface area contributed by atoms with E-state index in [0.717, 1.165) is 66.9 Å². The summed E-state index contributed by atoms with van der Waals surface area (Å²) >= 11 is 1.47. The van der Waals surface area contributed by atoms with Crippen molar-refractivity contribution in [3.05, 3.63) is 36.0 Å². The number of benzene rings is 1. The number of anilines is 4. The van der Waals surface area contributed by atoms with E-state index in [2.05, 4.69) is 35.5 Å². The Bertz CT molecular complexity index is 1360. The highest BCUT2D eigenvalue weighted by atomic mass is 32.2. The summed E-state index contributed by atoms with van der Waals surface area (Å²) in [5.41, 5.74) is 1.71. The van der Waals surface area contributed by atoms with Crippen LogP contribution < -0.4 is 20.3 Å². The molecule has 0 radical (unpaired) electrons. The molecule has 3 saturated heterocycles. The maximum Gasteiger partial charge on any atom is 0.221 e. The topological polar surface area (TPSA) is 115 Å². The number of carbonyl (C=O) groups excluding carboxylic acids is 1. The number of nitrogens with one attached hydrogen (secondary N) is 3. The Labute approximate surface area is 251 Å². The van der Waals surface area contributed by atoms with Crippen molar-refractivity contribution in [2.75, 3.05) is 61.9 Å². The third kappa shape index (κ3) is 6.66. The Kier molecular flexibility index (Phi) is 8.82. The predicted octanol–water partition coefficient (Wildman–Crippen LogP) is 4.51. The Morgan fingerprint density at radius 1 is 1.05 bits per heavy atom. The van der Waals surface area contributed by atoms with Crippen LogP contribution in [0, 0.1) is 6.92 Å². The van der Waals surface area contributed by atoms with Gasteiger partial charge in [-0.15, -0.1) is 0 Å². The van der Waals surface area contributed by atoms with Crippen LogP contribution in [-0.4, -0.2) is 94.3 Å². The van der Waals surface area contributed by atoms with Crippen molar-refractivity contribution in [2.24, 2.45) is 0 Å². The van der Waals surface area contributed by atoms with E-state index in [9.17, 15) is 4.79 Å². The van der Waals surface area contributed by atoms with Crippen LogP contribution >= 0.6 is 11.8 Å². The number of aryl methyl sites for hydroxylation is 1. The second-order valence-electron chi connectivity index (χ2n) is 11.5. The van der Waals surface area contributed by atoms with Crippen molar-refractivity contribution in [3.63, 3.8) is 0 Å². The number of ether oxygens (including phenoxy) is 1. The maximum absolute atomic E-state index is 11.4. The van der Waals surface area contributed by atoms with E-state index >= 15 is 0 Å². The van der Waals surface area contributed by atoms with Gasteiger partial charge in [0.25, 0.3) is 0 Å². The largest absolute Gasteiger partial charge is 0.490 e. The highest BCUT2D eigenvalue weighted by Crippen LogP contribution is 2.39. The molecule has 3 fully saturated rings. The summed E-state index contributed by atoms with van der Waals surface area (Å²) in [4.78, 5) is 29.9. The van der Waals surface area contributed by atoms with Gasteiger partial charge in [-0.1, -0.05) is 6.42 Å². The molecule has 2 atom stereocenters. The van der Waals surface area contributed by atoms with Gasteiger partial charge in [0.15, 0.2) is 22.6 Å². The number of piperazine rings is 1. The summed E-state index contributed by atoms with van der Waals surface area (Å²) in [7, 11) is 1.67. The van der Waals surface area contributed by atoms with Crippen LogP contribution in [0.25, 0.3) is 0 Å². The minimum atomic E-state index is -0.0958. The van der Waals surface area contributed by atoms with Gasteiger partial charge in [-0.25, -0.2) is 9.97 Å². The van der Waals surface area contributed by atoms with E-state index in [1.54, 1.807) is 7.11 Å². The zero-order valence-electron chi connectivity index (χ0n) is 24.7. The molecule has 3 aliphatic rings. The zero-order valence-corrected chi connectivity index (χ0v) is 25.5. The summed E-state index contributed by atoms with van der Waals surface area (Å²) in [6.45, 7) is 9.50. The third-order valence-electron chi connectivity index (χ3n) is 8.56. The summed E-state index contributed by atoms with van der Waals surface area (Å²) in [6, 6.07) is 11.3. The third-order valence-corrected chi connectivity index (χ3v) is 9.43. The molecule has 2 aromatic heterocycles. The molecule has 1 amide bonds. The Morgan fingerprint density at radius 3 is 2.43 bits per heavy atom. The number of methoxy groups -OCH3 is 1. The molecule has 11 nitrogen and oxygen atoms in total. The van der Waals surface area contributed by atoms with Crippen LogP contribution in [0.2, 0.25) is 0 Å². The maximum atomic E-state index is 11.4. The Hall–Kier alpha value is -3.35. The fourth-order valence-corrected chi connectivity index (χ4v) is 7.25. The molecule has 3 aromatic rings. The lowest BCUT2D eigenvalue weighted by Crippen LogP contribution is -2.50. The number of amides is 1. The summed E-state index contributed by atoms with van der Waals surface area (Å²) in [5, 5.41) is 14.1. The van der Waals surface area contributed by atoms with Crippen LogP contribution in [0.3, 0.4) is 0 Å². The first-order valence-electron chi connectivity index (χ1n) is 15.0. The number of nitrogens with zero attached hydrogens (tertiary/aromatic N) is 6. The van der Waals surface area contributed by atoms with Crippen LogP contribution in [0.5, 0.6) is 5.75 Å². The highest BCUT2D eigenvalue weighted by molar-refractivity contribution is 7.99. The number of carbonyl (C=O) groups is 1. The van der Waals surface area contributed by atoms with Crippen molar-refractivity contribution >= 4 is 40.8 Å². The molecule has 2 bridgehead atoms. The molecule has 0 spiro atoms. The van der Waals surface area contributed by atoms with E-state index in [4.69, 9.17) is 14.7 Å². The van der Waals surface area contributed by atoms with E-state index < -0.39 is 0 Å². The van der Waals surface area contributed by atoms with Gasteiger partial charge in [0.1, 0.15) is 0 Å². The van der Waals surface area contributed by atoms with Crippen molar-refractivity contribution in [3.8, 4) is 5.75 Å². The number of hydrogen-bond donors (Lipinski definition) is 3. The molecule has 3 N–H and O–H groups in total. The Morgan fingerprint density at radius 2 is 1.79 bits per heavy atom. The first-order valence-corrected chi connectivity index (χ1v) is 15.8. The molecule has 5 heterocycles. The number of H-pyrrole nitrogens is 1. The quantitative estimate of drug-likeness (QED) is 0.291. The smallest absolute Gasteiger partial charge is 0.221 e. The lowest BCUT2D eigenvalue weighted by molar-refractivity contribution is -0.114. The van der Waals surface area contributed by atoms with E-state index in [-0.39, 0.29) is 5.91 Å². The predicted molar refractivity (Wildman–Crippen MR) is 166 cm³/mol. The van der Waals surface area contributed by atoms with Crippen molar-refractivity contribution < 1.29 is 9.53 Å². The molecular weight excluding hydrogens is 550 g/mol. The van der Waals surface area contributed by atoms with Gasteiger partial charge in [-0.2, -0.15) is 5.10 Å². The minimum Gasteiger partial charge on any atom is -0.490 e. The van der Waals surface area contributed by atoms with Crippen LogP contribution in [-0.2, 0) is 4.79 Å². The molecular formula is C30H41N9O2S.